The number of rotatable bonds is 2. The van der Waals surface area contributed by atoms with Crippen molar-refractivity contribution >= 4 is 27.5 Å². The van der Waals surface area contributed by atoms with Gasteiger partial charge in [0.2, 0.25) is 0 Å². The van der Waals surface area contributed by atoms with Gasteiger partial charge in [0, 0.05) is 5.56 Å². The second-order valence-electron chi connectivity index (χ2n) is 4.83. The molecule has 0 aliphatic carbocycles. The highest BCUT2D eigenvalue weighted by molar-refractivity contribution is 7.20. The molecule has 0 amide bonds. The van der Waals surface area contributed by atoms with Gasteiger partial charge in [-0.25, -0.2) is 9.78 Å². The van der Waals surface area contributed by atoms with E-state index in [9.17, 15) is 9.59 Å². The Balaban J connectivity index is 2.29. The van der Waals surface area contributed by atoms with Crippen molar-refractivity contribution in [2.75, 3.05) is 0 Å². The molecular weight excluding hydrogens is 288 g/mol. The number of carbonyl (C=O) groups is 1. The number of nitrogens with zero attached hydrogens (tertiary/aromatic N) is 1. The van der Waals surface area contributed by atoms with Gasteiger partial charge >= 0.3 is 5.97 Å². The predicted octanol–water partition coefficient (Wildman–Crippen LogP) is 2.97. The Labute approximate surface area is 123 Å². The van der Waals surface area contributed by atoms with Crippen LogP contribution < -0.4 is 5.56 Å². The van der Waals surface area contributed by atoms with Crippen LogP contribution in [0.25, 0.3) is 21.6 Å². The van der Waals surface area contributed by atoms with Crippen LogP contribution in [0.15, 0.2) is 29.1 Å². The molecule has 3 aromatic rings. The molecule has 0 saturated heterocycles. The lowest BCUT2D eigenvalue weighted by Crippen LogP contribution is -2.09. The normalized spacial score (nSPS) is 11.0. The quantitative estimate of drug-likeness (QED) is 0.762. The zero-order chi connectivity index (χ0) is 15.1. The average Bonchev–Trinajstić information content (AvgIpc) is 2.76. The fourth-order valence-electron chi connectivity index (χ4n) is 2.28. The average molecular weight is 300 g/mol. The van der Waals surface area contributed by atoms with Crippen molar-refractivity contribution in [3.63, 3.8) is 0 Å². The predicted molar refractivity (Wildman–Crippen MR) is 82.1 cm³/mol. The number of aryl methyl sites for hydroxylation is 2. The summed E-state index contributed by atoms with van der Waals surface area (Å²) in [6, 6.07) is 7.62. The van der Waals surface area contributed by atoms with Crippen LogP contribution in [0.2, 0.25) is 0 Å². The Kier molecular flexibility index (Phi) is 3.10. The summed E-state index contributed by atoms with van der Waals surface area (Å²) in [5.74, 6) is -0.582. The van der Waals surface area contributed by atoms with Gasteiger partial charge in [-0.2, -0.15) is 0 Å². The molecule has 3 rings (SSSR count). The van der Waals surface area contributed by atoms with Gasteiger partial charge in [0.1, 0.15) is 15.5 Å². The van der Waals surface area contributed by atoms with Gasteiger partial charge in [-0.1, -0.05) is 23.8 Å². The molecule has 1 aromatic carbocycles. The first kappa shape index (κ1) is 13.5. The zero-order valence-electron chi connectivity index (χ0n) is 11.4. The monoisotopic (exact) mass is 300 g/mol. The molecule has 21 heavy (non-hydrogen) atoms. The van der Waals surface area contributed by atoms with Crippen LogP contribution in [0.1, 0.15) is 20.8 Å². The summed E-state index contributed by atoms with van der Waals surface area (Å²) < 4.78 is 0. The highest BCUT2D eigenvalue weighted by Gasteiger charge is 2.18. The maximum absolute atomic E-state index is 12.2. The Hall–Kier alpha value is -2.47. The van der Waals surface area contributed by atoms with Crippen molar-refractivity contribution in [3.8, 4) is 11.4 Å². The van der Waals surface area contributed by atoms with E-state index in [1.807, 2.05) is 31.2 Å². The molecule has 0 radical (unpaired) electrons. The summed E-state index contributed by atoms with van der Waals surface area (Å²) in [4.78, 5) is 31.2. The van der Waals surface area contributed by atoms with Gasteiger partial charge in [0.05, 0.1) is 5.39 Å². The zero-order valence-corrected chi connectivity index (χ0v) is 12.2. The third-order valence-electron chi connectivity index (χ3n) is 3.29. The number of H-pyrrole nitrogens is 1. The van der Waals surface area contributed by atoms with Crippen LogP contribution in [0.3, 0.4) is 0 Å². The maximum atomic E-state index is 12.2. The largest absolute Gasteiger partial charge is 0.477 e. The van der Waals surface area contributed by atoms with Crippen molar-refractivity contribution in [2.24, 2.45) is 0 Å². The fraction of sp³-hybridized carbons (Fsp3) is 0.133. The number of hydrogen-bond acceptors (Lipinski definition) is 4. The molecule has 0 atom stereocenters. The van der Waals surface area contributed by atoms with E-state index in [0.717, 1.165) is 22.5 Å². The minimum atomic E-state index is -1.04. The molecule has 0 aliphatic heterocycles. The molecule has 0 fully saturated rings. The molecule has 0 saturated carbocycles. The minimum Gasteiger partial charge on any atom is -0.477 e. The number of fused-ring (bicyclic) bond motifs is 1. The lowest BCUT2D eigenvalue weighted by Gasteiger charge is -2.02. The number of benzene rings is 1. The van der Waals surface area contributed by atoms with Crippen LogP contribution in [0, 0.1) is 13.8 Å². The second-order valence-corrected chi connectivity index (χ2v) is 5.82. The summed E-state index contributed by atoms with van der Waals surface area (Å²) in [7, 11) is 0. The van der Waals surface area contributed by atoms with Crippen LogP contribution in [0.5, 0.6) is 0 Å². The van der Waals surface area contributed by atoms with Crippen LogP contribution in [-0.4, -0.2) is 21.0 Å². The molecule has 2 aromatic heterocycles. The number of hydrogen-bond donors (Lipinski definition) is 2. The van der Waals surface area contributed by atoms with Crippen LogP contribution in [-0.2, 0) is 0 Å². The minimum absolute atomic E-state index is 0.157. The van der Waals surface area contributed by atoms with Gasteiger partial charge in [0.25, 0.3) is 5.56 Å². The lowest BCUT2D eigenvalue weighted by atomic mass is 10.1. The lowest BCUT2D eigenvalue weighted by molar-refractivity contribution is 0.0701. The second kappa shape index (κ2) is 4.82. The number of aromatic carboxylic acids is 1. The summed E-state index contributed by atoms with van der Waals surface area (Å²) in [5, 5.41) is 9.51. The number of aromatic amines is 1. The van der Waals surface area contributed by atoms with Gasteiger partial charge in [0.15, 0.2) is 0 Å². The first-order chi connectivity index (χ1) is 9.97. The maximum Gasteiger partial charge on any atom is 0.346 e. The molecule has 0 aliphatic rings. The number of nitrogens with one attached hydrogen (secondary N) is 1. The first-order valence-corrected chi connectivity index (χ1v) is 7.13. The summed E-state index contributed by atoms with van der Waals surface area (Å²) in [5.41, 5.74) is 2.02. The van der Waals surface area contributed by atoms with Gasteiger partial charge in [-0.05, 0) is 25.5 Å². The highest BCUT2D eigenvalue weighted by Crippen LogP contribution is 2.28. The third kappa shape index (κ3) is 2.23. The van der Waals surface area contributed by atoms with E-state index in [2.05, 4.69) is 9.97 Å². The van der Waals surface area contributed by atoms with E-state index in [-0.39, 0.29) is 10.4 Å². The highest BCUT2D eigenvalue weighted by atomic mass is 32.1. The Bertz CT molecular complexity index is 924. The number of carboxylic acids is 1. The van der Waals surface area contributed by atoms with Crippen molar-refractivity contribution < 1.29 is 9.90 Å². The molecular formula is C15H12N2O3S. The number of aromatic nitrogens is 2. The Morgan fingerprint density at radius 1 is 1.33 bits per heavy atom. The molecule has 106 valence electrons. The van der Waals surface area contributed by atoms with Crippen molar-refractivity contribution in [1.82, 2.24) is 9.97 Å². The van der Waals surface area contributed by atoms with Crippen LogP contribution in [0.4, 0.5) is 0 Å². The van der Waals surface area contributed by atoms with Crippen molar-refractivity contribution in [1.29, 1.82) is 0 Å². The first-order valence-electron chi connectivity index (χ1n) is 6.31. The van der Waals surface area contributed by atoms with Gasteiger partial charge in [-0.3, -0.25) is 4.79 Å². The topological polar surface area (TPSA) is 83.0 Å². The summed E-state index contributed by atoms with van der Waals surface area (Å²) >= 11 is 1.03. The third-order valence-corrected chi connectivity index (χ3v) is 4.46. The van der Waals surface area contributed by atoms with Crippen molar-refractivity contribution in [2.45, 2.75) is 13.8 Å². The van der Waals surface area contributed by atoms with E-state index >= 15 is 0 Å². The van der Waals surface area contributed by atoms with E-state index in [1.165, 1.54) is 0 Å². The van der Waals surface area contributed by atoms with E-state index in [4.69, 9.17) is 5.11 Å². The van der Waals surface area contributed by atoms with E-state index in [0.29, 0.717) is 21.6 Å². The smallest absolute Gasteiger partial charge is 0.346 e. The summed E-state index contributed by atoms with van der Waals surface area (Å²) in [6.45, 7) is 3.59. The molecule has 0 spiro atoms. The number of carboxylic acid groups (broad SMARTS) is 1. The van der Waals surface area contributed by atoms with Crippen molar-refractivity contribution in [3.05, 3.63) is 50.6 Å². The standard InChI is InChI=1S/C15H12N2O3S/c1-7-4-3-5-9(6-7)12-16-13(18)10-8(2)11(15(19)20)21-14(10)17-12/h3-6H,1-2H3,(H,19,20)(H,16,17,18). The van der Waals surface area contributed by atoms with E-state index in [1.54, 1.807) is 6.92 Å². The molecule has 0 unspecified atom stereocenters. The molecule has 2 N–H and O–H groups in total. The van der Waals surface area contributed by atoms with Gasteiger partial charge in [-0.15, -0.1) is 11.3 Å². The van der Waals surface area contributed by atoms with Gasteiger partial charge < -0.3 is 10.1 Å². The molecule has 0 bridgehead atoms. The molecule has 5 nitrogen and oxygen atoms in total. The Morgan fingerprint density at radius 2 is 2.10 bits per heavy atom. The number of thiophene rings is 1. The molecule has 2 heterocycles. The SMILES string of the molecule is Cc1cccc(-c2nc3sc(C(=O)O)c(C)c3c(=O)[nH]2)c1. The Morgan fingerprint density at radius 3 is 2.76 bits per heavy atom. The van der Waals surface area contributed by atoms with Crippen LogP contribution >= 0.6 is 11.3 Å². The van der Waals surface area contributed by atoms with E-state index < -0.39 is 5.97 Å². The fourth-order valence-corrected chi connectivity index (χ4v) is 3.30. The summed E-state index contributed by atoms with van der Waals surface area (Å²) in [6.07, 6.45) is 0. The molecule has 6 heteroatoms.